The highest BCUT2D eigenvalue weighted by atomic mass is 127. The lowest BCUT2D eigenvalue weighted by Gasteiger charge is -2.13. The molecule has 92 valence electrons. The third kappa shape index (κ3) is 3.99. The maximum atomic E-state index is 5.54. The molecule has 0 atom stereocenters. The molecule has 0 saturated carbocycles. The Hall–Kier alpha value is -0.200. The SMILES string of the molecule is CCOc1c(I)cc(CNC)cc1OC.Cl. The number of halogens is 2. The summed E-state index contributed by atoms with van der Waals surface area (Å²) in [5, 5.41) is 3.11. The molecule has 0 fully saturated rings. The Morgan fingerprint density at radius 2 is 2.06 bits per heavy atom. The minimum atomic E-state index is 0. The van der Waals surface area contributed by atoms with Gasteiger partial charge in [0.15, 0.2) is 11.5 Å². The molecule has 0 spiro atoms. The Morgan fingerprint density at radius 1 is 1.38 bits per heavy atom. The van der Waals surface area contributed by atoms with Crippen LogP contribution in [-0.4, -0.2) is 20.8 Å². The molecule has 0 aliphatic heterocycles. The van der Waals surface area contributed by atoms with Gasteiger partial charge in [0.1, 0.15) is 0 Å². The van der Waals surface area contributed by atoms with Gasteiger partial charge in [0.25, 0.3) is 0 Å². The molecule has 1 rings (SSSR count). The molecule has 1 N–H and O–H groups in total. The fourth-order valence-electron chi connectivity index (χ4n) is 1.36. The molecule has 0 aliphatic carbocycles. The van der Waals surface area contributed by atoms with Gasteiger partial charge in [0, 0.05) is 6.54 Å². The van der Waals surface area contributed by atoms with Crippen molar-refractivity contribution in [3.8, 4) is 11.5 Å². The average molecular weight is 358 g/mol. The molecule has 1 aromatic rings. The lowest BCUT2D eigenvalue weighted by molar-refractivity contribution is 0.308. The second-order valence-electron chi connectivity index (χ2n) is 3.07. The van der Waals surface area contributed by atoms with Crippen LogP contribution in [0.4, 0.5) is 0 Å². The van der Waals surface area contributed by atoms with E-state index in [1.807, 2.05) is 20.0 Å². The summed E-state index contributed by atoms with van der Waals surface area (Å²) in [5.74, 6) is 1.63. The zero-order valence-corrected chi connectivity index (χ0v) is 12.6. The van der Waals surface area contributed by atoms with E-state index in [0.717, 1.165) is 21.6 Å². The van der Waals surface area contributed by atoms with Crippen LogP contribution in [0.2, 0.25) is 0 Å². The molecule has 3 nitrogen and oxygen atoms in total. The van der Waals surface area contributed by atoms with Crippen LogP contribution in [0.1, 0.15) is 12.5 Å². The van der Waals surface area contributed by atoms with Gasteiger partial charge in [-0.05, 0) is 54.3 Å². The average Bonchev–Trinajstić information content (AvgIpc) is 2.22. The first kappa shape index (κ1) is 15.8. The largest absolute Gasteiger partial charge is 0.493 e. The van der Waals surface area contributed by atoms with Gasteiger partial charge in [-0.2, -0.15) is 0 Å². The number of ether oxygens (including phenoxy) is 2. The Balaban J connectivity index is 0.00000225. The summed E-state index contributed by atoms with van der Waals surface area (Å²) in [6.07, 6.45) is 0. The van der Waals surface area contributed by atoms with Gasteiger partial charge in [0.05, 0.1) is 17.3 Å². The van der Waals surface area contributed by atoms with Crippen LogP contribution in [-0.2, 0) is 6.54 Å². The fraction of sp³-hybridized carbons (Fsp3) is 0.455. The molecule has 0 bridgehead atoms. The van der Waals surface area contributed by atoms with Gasteiger partial charge < -0.3 is 14.8 Å². The number of nitrogens with one attached hydrogen (secondary N) is 1. The first-order chi connectivity index (χ1) is 7.22. The van der Waals surface area contributed by atoms with Gasteiger partial charge >= 0.3 is 0 Å². The zero-order chi connectivity index (χ0) is 11.3. The van der Waals surface area contributed by atoms with Crippen LogP contribution in [0.15, 0.2) is 12.1 Å². The van der Waals surface area contributed by atoms with E-state index in [4.69, 9.17) is 9.47 Å². The molecular weight excluding hydrogens is 340 g/mol. The van der Waals surface area contributed by atoms with Gasteiger partial charge in [-0.25, -0.2) is 0 Å². The summed E-state index contributed by atoms with van der Waals surface area (Å²) in [6.45, 7) is 3.45. The van der Waals surface area contributed by atoms with Crippen LogP contribution in [0.3, 0.4) is 0 Å². The summed E-state index contributed by atoms with van der Waals surface area (Å²) in [5.41, 5.74) is 1.20. The quantitative estimate of drug-likeness (QED) is 0.822. The van der Waals surface area contributed by atoms with Crippen LogP contribution in [0.25, 0.3) is 0 Å². The Kier molecular flexibility index (Phi) is 7.87. The van der Waals surface area contributed by atoms with E-state index in [-0.39, 0.29) is 12.4 Å². The smallest absolute Gasteiger partial charge is 0.174 e. The summed E-state index contributed by atoms with van der Waals surface area (Å²) in [6, 6.07) is 4.11. The Labute approximate surface area is 116 Å². The summed E-state index contributed by atoms with van der Waals surface area (Å²) >= 11 is 2.27. The third-order valence-electron chi connectivity index (χ3n) is 1.96. The number of rotatable bonds is 5. The second kappa shape index (κ2) is 7.97. The highest BCUT2D eigenvalue weighted by Gasteiger charge is 2.10. The van der Waals surface area contributed by atoms with Crippen LogP contribution in [0.5, 0.6) is 11.5 Å². The molecule has 0 heterocycles. The highest BCUT2D eigenvalue weighted by Crippen LogP contribution is 2.33. The third-order valence-corrected chi connectivity index (χ3v) is 2.76. The number of hydrogen-bond donors (Lipinski definition) is 1. The fourth-order valence-corrected chi connectivity index (χ4v) is 2.19. The van der Waals surface area contributed by atoms with E-state index in [1.54, 1.807) is 7.11 Å². The predicted octanol–water partition coefficient (Wildman–Crippen LogP) is 2.84. The standard InChI is InChI=1S/C11H16INO2.ClH/c1-4-15-11-9(12)5-8(7-13-2)6-10(11)14-3;/h5-6,13H,4,7H2,1-3H3;1H. The van der Waals surface area contributed by atoms with Crippen molar-refractivity contribution in [2.24, 2.45) is 0 Å². The minimum Gasteiger partial charge on any atom is -0.493 e. The first-order valence-corrected chi connectivity index (χ1v) is 5.94. The lowest BCUT2D eigenvalue weighted by Crippen LogP contribution is -2.06. The molecule has 0 amide bonds. The van der Waals surface area contributed by atoms with Crippen LogP contribution >= 0.6 is 35.0 Å². The minimum absolute atomic E-state index is 0. The summed E-state index contributed by atoms with van der Waals surface area (Å²) < 4.78 is 11.9. The monoisotopic (exact) mass is 357 g/mol. The van der Waals surface area contributed by atoms with Crippen molar-refractivity contribution in [3.63, 3.8) is 0 Å². The molecule has 0 radical (unpaired) electrons. The number of methoxy groups -OCH3 is 1. The van der Waals surface area contributed by atoms with Crippen molar-refractivity contribution in [1.29, 1.82) is 0 Å². The topological polar surface area (TPSA) is 30.5 Å². The van der Waals surface area contributed by atoms with Gasteiger partial charge in [-0.3, -0.25) is 0 Å². The maximum Gasteiger partial charge on any atom is 0.174 e. The maximum absolute atomic E-state index is 5.54. The predicted molar refractivity (Wildman–Crippen MR) is 76.9 cm³/mol. The van der Waals surface area contributed by atoms with Crippen molar-refractivity contribution >= 4 is 35.0 Å². The van der Waals surface area contributed by atoms with E-state index in [0.29, 0.717) is 6.61 Å². The molecule has 16 heavy (non-hydrogen) atoms. The molecule has 0 saturated heterocycles. The van der Waals surface area contributed by atoms with Gasteiger partial charge in [-0.1, -0.05) is 0 Å². The van der Waals surface area contributed by atoms with E-state index < -0.39 is 0 Å². The molecular formula is C11H17ClINO2. The molecule has 0 unspecified atom stereocenters. The van der Waals surface area contributed by atoms with Gasteiger partial charge in [-0.15, -0.1) is 12.4 Å². The second-order valence-corrected chi connectivity index (χ2v) is 4.23. The van der Waals surface area contributed by atoms with Crippen LogP contribution in [0, 0.1) is 3.57 Å². The molecule has 1 aromatic carbocycles. The van der Waals surface area contributed by atoms with E-state index in [2.05, 4.69) is 34.0 Å². The molecule has 5 heteroatoms. The lowest BCUT2D eigenvalue weighted by atomic mass is 10.2. The normalized spacial score (nSPS) is 9.50. The van der Waals surface area contributed by atoms with E-state index >= 15 is 0 Å². The first-order valence-electron chi connectivity index (χ1n) is 4.86. The van der Waals surface area contributed by atoms with Crippen molar-refractivity contribution < 1.29 is 9.47 Å². The van der Waals surface area contributed by atoms with Gasteiger partial charge in [0.2, 0.25) is 0 Å². The van der Waals surface area contributed by atoms with Crippen molar-refractivity contribution in [3.05, 3.63) is 21.3 Å². The van der Waals surface area contributed by atoms with Crippen molar-refractivity contribution in [2.45, 2.75) is 13.5 Å². The van der Waals surface area contributed by atoms with E-state index in [9.17, 15) is 0 Å². The summed E-state index contributed by atoms with van der Waals surface area (Å²) in [4.78, 5) is 0. The molecule has 0 aliphatic rings. The van der Waals surface area contributed by atoms with Crippen molar-refractivity contribution in [2.75, 3.05) is 20.8 Å². The number of hydrogen-bond acceptors (Lipinski definition) is 3. The van der Waals surface area contributed by atoms with Crippen LogP contribution < -0.4 is 14.8 Å². The highest BCUT2D eigenvalue weighted by molar-refractivity contribution is 14.1. The Morgan fingerprint density at radius 3 is 2.56 bits per heavy atom. The van der Waals surface area contributed by atoms with Crippen molar-refractivity contribution in [1.82, 2.24) is 5.32 Å². The Bertz CT molecular complexity index is 334. The zero-order valence-electron chi connectivity index (χ0n) is 9.67. The number of benzene rings is 1. The van der Waals surface area contributed by atoms with E-state index in [1.165, 1.54) is 5.56 Å². The summed E-state index contributed by atoms with van der Waals surface area (Å²) in [7, 11) is 3.59. The molecule has 0 aromatic heterocycles.